The Morgan fingerprint density at radius 2 is 1.96 bits per heavy atom. The minimum Gasteiger partial charge on any atom is -0.367 e. The van der Waals surface area contributed by atoms with Crippen molar-refractivity contribution < 1.29 is 17.9 Å². The fourth-order valence-electron chi connectivity index (χ4n) is 1.79. The van der Waals surface area contributed by atoms with Crippen molar-refractivity contribution in [3.8, 4) is 0 Å². The van der Waals surface area contributed by atoms with Gasteiger partial charge in [-0.1, -0.05) is 24.3 Å². The topological polar surface area (TPSA) is 45.7 Å². The van der Waals surface area contributed by atoms with Gasteiger partial charge in [0.05, 0.1) is 6.61 Å². The van der Waals surface area contributed by atoms with Gasteiger partial charge in [0.2, 0.25) is 0 Å². The van der Waals surface area contributed by atoms with Gasteiger partial charge in [0.15, 0.2) is 5.96 Å². The molecule has 9 heteroatoms. The molecule has 138 valence electrons. The summed E-state index contributed by atoms with van der Waals surface area (Å²) >= 11 is 1.74. The van der Waals surface area contributed by atoms with E-state index in [4.69, 9.17) is 0 Å². The van der Waals surface area contributed by atoms with Crippen molar-refractivity contribution in [1.29, 1.82) is 0 Å². The average molecular weight is 477 g/mol. The summed E-state index contributed by atoms with van der Waals surface area (Å²) in [4.78, 5) is 4.11. The van der Waals surface area contributed by atoms with E-state index in [1.165, 1.54) is 0 Å². The number of benzene rings is 1. The van der Waals surface area contributed by atoms with Gasteiger partial charge in [-0.15, -0.1) is 24.0 Å². The fourth-order valence-corrected chi connectivity index (χ4v) is 2.10. The number of alkyl halides is 3. The number of aliphatic imine (C=N–C) groups is 1. The normalized spacial score (nSPS) is 11.8. The standard InChI is InChI=1S/C15H22F3N3OS.HI/c1-19-14(20-6-7-23-2)21-9-12-4-3-5-13(8-12)10-22-11-15(16,17)18;/h3-5,8H,6-7,9-11H2,1-2H3,(H2,19,20,21);1H. The van der Waals surface area contributed by atoms with Gasteiger partial charge in [0.25, 0.3) is 0 Å². The first-order chi connectivity index (χ1) is 10.9. The number of hydrogen-bond acceptors (Lipinski definition) is 3. The highest BCUT2D eigenvalue weighted by Gasteiger charge is 2.27. The molecule has 0 atom stereocenters. The second-order valence-electron chi connectivity index (χ2n) is 4.77. The number of thioether (sulfide) groups is 1. The Morgan fingerprint density at radius 3 is 2.58 bits per heavy atom. The molecule has 0 saturated carbocycles. The molecule has 0 fully saturated rings. The van der Waals surface area contributed by atoms with Crippen LogP contribution in [0.25, 0.3) is 0 Å². The van der Waals surface area contributed by atoms with Crippen molar-refractivity contribution in [3.63, 3.8) is 0 Å². The van der Waals surface area contributed by atoms with E-state index in [2.05, 4.69) is 20.4 Å². The van der Waals surface area contributed by atoms with E-state index in [0.29, 0.717) is 18.1 Å². The van der Waals surface area contributed by atoms with Crippen LogP contribution >= 0.6 is 35.7 Å². The van der Waals surface area contributed by atoms with Crippen LogP contribution < -0.4 is 10.6 Å². The Balaban J connectivity index is 0.00000529. The first kappa shape index (κ1) is 23.3. The van der Waals surface area contributed by atoms with Crippen LogP contribution in [0.4, 0.5) is 13.2 Å². The van der Waals surface area contributed by atoms with Crippen molar-refractivity contribution >= 4 is 41.7 Å². The van der Waals surface area contributed by atoms with E-state index in [1.54, 1.807) is 30.9 Å². The number of rotatable bonds is 8. The molecule has 0 amide bonds. The van der Waals surface area contributed by atoms with Crippen LogP contribution in [0.1, 0.15) is 11.1 Å². The first-order valence-corrected chi connectivity index (χ1v) is 8.50. The molecule has 24 heavy (non-hydrogen) atoms. The van der Waals surface area contributed by atoms with Gasteiger partial charge < -0.3 is 15.4 Å². The lowest BCUT2D eigenvalue weighted by Gasteiger charge is -2.12. The molecule has 0 spiro atoms. The molecular formula is C15H23F3IN3OS. The molecule has 0 aliphatic rings. The molecule has 1 aromatic carbocycles. The summed E-state index contributed by atoms with van der Waals surface area (Å²) in [6.45, 7) is 0.0493. The highest BCUT2D eigenvalue weighted by atomic mass is 127. The van der Waals surface area contributed by atoms with Crippen molar-refractivity contribution in [1.82, 2.24) is 10.6 Å². The Kier molecular flexibility index (Phi) is 12.3. The van der Waals surface area contributed by atoms with E-state index < -0.39 is 12.8 Å². The predicted octanol–water partition coefficient (Wildman–Crippen LogP) is 3.41. The molecule has 0 unspecified atom stereocenters. The van der Waals surface area contributed by atoms with Gasteiger partial charge in [0.1, 0.15) is 6.61 Å². The monoisotopic (exact) mass is 477 g/mol. The molecule has 4 nitrogen and oxygen atoms in total. The minimum absolute atomic E-state index is 0. The van der Waals surface area contributed by atoms with E-state index in [0.717, 1.165) is 17.9 Å². The van der Waals surface area contributed by atoms with Crippen molar-refractivity contribution in [2.24, 2.45) is 4.99 Å². The molecule has 0 aliphatic carbocycles. The zero-order chi connectivity index (χ0) is 17.1. The van der Waals surface area contributed by atoms with Crippen LogP contribution in [-0.2, 0) is 17.9 Å². The predicted molar refractivity (Wildman–Crippen MR) is 104 cm³/mol. The van der Waals surface area contributed by atoms with E-state index >= 15 is 0 Å². The van der Waals surface area contributed by atoms with Crippen LogP contribution in [0.3, 0.4) is 0 Å². The van der Waals surface area contributed by atoms with Crippen LogP contribution in [0.5, 0.6) is 0 Å². The van der Waals surface area contributed by atoms with Gasteiger partial charge in [-0.3, -0.25) is 4.99 Å². The third-order valence-electron chi connectivity index (χ3n) is 2.81. The summed E-state index contributed by atoms with van der Waals surface area (Å²) in [6, 6.07) is 7.26. The van der Waals surface area contributed by atoms with Gasteiger partial charge in [-0.2, -0.15) is 24.9 Å². The van der Waals surface area contributed by atoms with Crippen LogP contribution in [-0.4, -0.2) is 44.3 Å². The number of nitrogens with one attached hydrogen (secondary N) is 2. The van der Waals surface area contributed by atoms with Crippen LogP contribution in [0, 0.1) is 0 Å². The molecule has 1 aromatic rings. The lowest BCUT2D eigenvalue weighted by molar-refractivity contribution is -0.176. The highest BCUT2D eigenvalue weighted by molar-refractivity contribution is 14.0. The third kappa shape index (κ3) is 11.0. The minimum atomic E-state index is -4.30. The fraction of sp³-hybridized carbons (Fsp3) is 0.533. The quantitative estimate of drug-likeness (QED) is 0.261. The Bertz CT molecular complexity index is 501. The number of guanidine groups is 1. The zero-order valence-corrected chi connectivity index (χ0v) is 16.8. The lowest BCUT2D eigenvalue weighted by atomic mass is 10.1. The van der Waals surface area contributed by atoms with Crippen LogP contribution in [0.2, 0.25) is 0 Å². The molecule has 1 rings (SSSR count). The summed E-state index contributed by atoms with van der Waals surface area (Å²) in [5.41, 5.74) is 1.66. The van der Waals surface area contributed by atoms with E-state index in [1.807, 2.05) is 18.4 Å². The summed E-state index contributed by atoms with van der Waals surface area (Å²) < 4.78 is 40.8. The maximum absolute atomic E-state index is 12.1. The molecule has 0 aliphatic heterocycles. The Morgan fingerprint density at radius 1 is 1.25 bits per heavy atom. The number of nitrogens with zero attached hydrogens (tertiary/aromatic N) is 1. The van der Waals surface area contributed by atoms with Crippen molar-refractivity contribution in [2.45, 2.75) is 19.3 Å². The molecule has 0 radical (unpaired) electrons. The average Bonchev–Trinajstić information content (AvgIpc) is 2.50. The largest absolute Gasteiger partial charge is 0.411 e. The number of halogens is 4. The van der Waals surface area contributed by atoms with Gasteiger partial charge in [-0.05, 0) is 17.4 Å². The van der Waals surface area contributed by atoms with E-state index in [-0.39, 0.29) is 30.6 Å². The Labute approximate surface area is 162 Å². The third-order valence-corrected chi connectivity index (χ3v) is 3.42. The van der Waals surface area contributed by atoms with Crippen molar-refractivity contribution in [3.05, 3.63) is 35.4 Å². The SMILES string of the molecule is CN=C(NCCSC)NCc1cccc(COCC(F)(F)F)c1.I. The summed E-state index contributed by atoms with van der Waals surface area (Å²) in [5, 5.41) is 6.34. The molecule has 0 aromatic heterocycles. The van der Waals surface area contributed by atoms with Crippen molar-refractivity contribution in [2.75, 3.05) is 32.2 Å². The first-order valence-electron chi connectivity index (χ1n) is 7.10. The number of hydrogen-bond donors (Lipinski definition) is 2. The number of ether oxygens (including phenoxy) is 1. The summed E-state index contributed by atoms with van der Waals surface area (Å²) in [5.74, 6) is 1.67. The van der Waals surface area contributed by atoms with E-state index in [9.17, 15) is 13.2 Å². The smallest absolute Gasteiger partial charge is 0.367 e. The maximum atomic E-state index is 12.1. The second-order valence-corrected chi connectivity index (χ2v) is 5.76. The van der Waals surface area contributed by atoms with Gasteiger partial charge in [0, 0.05) is 25.9 Å². The van der Waals surface area contributed by atoms with Gasteiger partial charge in [-0.25, -0.2) is 0 Å². The van der Waals surface area contributed by atoms with Gasteiger partial charge >= 0.3 is 6.18 Å². The summed E-state index contributed by atoms with van der Waals surface area (Å²) in [6.07, 6.45) is -2.27. The summed E-state index contributed by atoms with van der Waals surface area (Å²) in [7, 11) is 1.69. The maximum Gasteiger partial charge on any atom is 0.411 e. The Hall–Kier alpha value is -0.680. The van der Waals surface area contributed by atoms with Crippen LogP contribution in [0.15, 0.2) is 29.3 Å². The molecule has 0 bridgehead atoms. The lowest BCUT2D eigenvalue weighted by Crippen LogP contribution is -2.37. The highest BCUT2D eigenvalue weighted by Crippen LogP contribution is 2.16. The zero-order valence-electron chi connectivity index (χ0n) is 13.7. The molecule has 0 heterocycles. The second kappa shape index (κ2) is 12.6. The molecular weight excluding hydrogens is 454 g/mol. The molecule has 2 N–H and O–H groups in total. The molecule has 0 saturated heterocycles.